The topological polar surface area (TPSA) is 55.8 Å². The molecule has 88 valence electrons. The van der Waals surface area contributed by atoms with Gasteiger partial charge in [-0.05, 0) is 32.0 Å². The van der Waals surface area contributed by atoms with E-state index in [1.807, 2.05) is 0 Å². The zero-order valence-electron chi connectivity index (χ0n) is 9.64. The Morgan fingerprint density at radius 2 is 2.06 bits per heavy atom. The number of methoxy groups -OCH3 is 1. The first-order chi connectivity index (χ1) is 7.58. The average Bonchev–Trinajstić information content (AvgIpc) is 2.28. The number of aldehydes is 1. The van der Waals surface area contributed by atoms with Gasteiger partial charge in [0, 0.05) is 5.56 Å². The molecule has 0 bridgehead atoms. The lowest BCUT2D eigenvalue weighted by Gasteiger charge is -2.18. The summed E-state index contributed by atoms with van der Waals surface area (Å²) < 4.78 is 10.6. The first-order valence-corrected chi connectivity index (χ1v) is 5.06. The molecule has 0 aliphatic rings. The van der Waals surface area contributed by atoms with Crippen LogP contribution < -0.4 is 4.74 Å². The summed E-state index contributed by atoms with van der Waals surface area (Å²) in [5.41, 5.74) is 0.719. The lowest BCUT2D eigenvalue weighted by atomic mass is 10.1. The molecular formula is C12H16O4. The number of hydrogen-bond acceptors (Lipinski definition) is 4. The van der Waals surface area contributed by atoms with E-state index in [2.05, 4.69) is 0 Å². The van der Waals surface area contributed by atoms with E-state index in [-0.39, 0.29) is 11.9 Å². The van der Waals surface area contributed by atoms with Gasteiger partial charge in [0.25, 0.3) is 0 Å². The van der Waals surface area contributed by atoms with Crippen LogP contribution in [-0.4, -0.2) is 24.6 Å². The van der Waals surface area contributed by atoms with Crippen molar-refractivity contribution in [1.82, 2.24) is 0 Å². The van der Waals surface area contributed by atoms with Crippen molar-refractivity contribution in [3.63, 3.8) is 0 Å². The molecule has 4 heteroatoms. The number of hydrogen-bond donors (Lipinski definition) is 1. The van der Waals surface area contributed by atoms with Crippen LogP contribution in [-0.2, 0) is 9.53 Å². The molecule has 1 aromatic carbocycles. The molecule has 0 aliphatic carbocycles. The van der Waals surface area contributed by atoms with Crippen LogP contribution in [0.3, 0.4) is 0 Å². The molecule has 1 aromatic rings. The molecule has 0 radical (unpaired) electrons. The smallest absolute Gasteiger partial charge is 0.148 e. The third-order valence-electron chi connectivity index (χ3n) is 2.26. The predicted molar refractivity (Wildman–Crippen MR) is 59.7 cm³/mol. The van der Waals surface area contributed by atoms with Gasteiger partial charge >= 0.3 is 0 Å². The number of phenolic OH excluding ortho intramolecular Hbond substituents is 1. The monoisotopic (exact) mass is 224 g/mol. The number of rotatable bonds is 5. The van der Waals surface area contributed by atoms with Crippen LogP contribution in [0.4, 0.5) is 0 Å². The van der Waals surface area contributed by atoms with Gasteiger partial charge in [0.2, 0.25) is 0 Å². The summed E-state index contributed by atoms with van der Waals surface area (Å²) >= 11 is 0. The Labute approximate surface area is 94.8 Å². The maximum Gasteiger partial charge on any atom is 0.148 e. The zero-order valence-corrected chi connectivity index (χ0v) is 9.64. The Morgan fingerprint density at radius 1 is 1.38 bits per heavy atom. The maximum absolute atomic E-state index is 10.5. The molecule has 0 fully saturated rings. The van der Waals surface area contributed by atoms with Gasteiger partial charge in [0.05, 0.1) is 13.2 Å². The minimum absolute atomic E-state index is 0.144. The molecular weight excluding hydrogens is 208 g/mol. The van der Waals surface area contributed by atoms with Crippen molar-refractivity contribution in [2.75, 3.05) is 7.11 Å². The molecule has 0 aromatic heterocycles. The van der Waals surface area contributed by atoms with E-state index in [4.69, 9.17) is 9.47 Å². The third-order valence-corrected chi connectivity index (χ3v) is 2.26. The van der Waals surface area contributed by atoms with E-state index in [9.17, 15) is 9.90 Å². The van der Waals surface area contributed by atoms with Gasteiger partial charge in [0.1, 0.15) is 23.9 Å². The number of aromatic hydroxyl groups is 1. The number of phenols is 1. The largest absolute Gasteiger partial charge is 0.508 e. The Hall–Kier alpha value is -1.55. The summed E-state index contributed by atoms with van der Waals surface area (Å²) in [5, 5.41) is 9.39. The average molecular weight is 224 g/mol. The summed E-state index contributed by atoms with van der Waals surface area (Å²) in [6.07, 6.45) is -0.0736. The summed E-state index contributed by atoms with van der Waals surface area (Å²) in [5.74, 6) is 0.772. The van der Waals surface area contributed by atoms with E-state index in [0.717, 1.165) is 11.8 Å². The van der Waals surface area contributed by atoms with E-state index in [0.29, 0.717) is 5.75 Å². The fourth-order valence-corrected chi connectivity index (χ4v) is 1.47. The minimum Gasteiger partial charge on any atom is -0.508 e. The first-order valence-electron chi connectivity index (χ1n) is 5.06. The number of carbonyl (C=O) groups excluding carboxylic acids is 1. The third kappa shape index (κ3) is 2.97. The van der Waals surface area contributed by atoms with Crippen molar-refractivity contribution >= 4 is 6.29 Å². The molecule has 1 rings (SSSR count). The van der Waals surface area contributed by atoms with Gasteiger partial charge in [0.15, 0.2) is 0 Å². The zero-order chi connectivity index (χ0) is 12.1. The number of ether oxygens (including phenoxy) is 2. The van der Waals surface area contributed by atoms with Crippen LogP contribution >= 0.6 is 0 Å². The quantitative estimate of drug-likeness (QED) is 0.778. The molecule has 2 atom stereocenters. The van der Waals surface area contributed by atoms with Crippen molar-refractivity contribution in [2.24, 2.45) is 0 Å². The molecule has 0 heterocycles. The second-order valence-electron chi connectivity index (χ2n) is 3.55. The Balaban J connectivity index is 2.92. The standard InChI is InChI=1S/C12H16O4/c1-8(7-13)16-9(2)11-6-10(14)4-5-12(11)15-3/h4-9,14H,1-3H3/t8-,9+/m0/s1. The lowest BCUT2D eigenvalue weighted by Crippen LogP contribution is -2.13. The molecule has 0 amide bonds. The molecule has 1 N–H and O–H groups in total. The molecule has 0 aliphatic heterocycles. The maximum atomic E-state index is 10.5. The van der Waals surface area contributed by atoms with Gasteiger partial charge in [-0.15, -0.1) is 0 Å². The van der Waals surface area contributed by atoms with Crippen molar-refractivity contribution in [3.05, 3.63) is 23.8 Å². The minimum atomic E-state index is -0.484. The van der Waals surface area contributed by atoms with Crippen LogP contribution in [0, 0.1) is 0 Å². The first kappa shape index (κ1) is 12.5. The van der Waals surface area contributed by atoms with Gasteiger partial charge in [-0.25, -0.2) is 0 Å². The molecule has 0 saturated heterocycles. The predicted octanol–water partition coefficient (Wildman–Crippen LogP) is 2.07. The molecule has 16 heavy (non-hydrogen) atoms. The Kier molecular flexibility index (Phi) is 4.31. The Bertz CT molecular complexity index is 362. The van der Waals surface area contributed by atoms with Crippen LogP contribution in [0.5, 0.6) is 11.5 Å². The fourth-order valence-electron chi connectivity index (χ4n) is 1.47. The van der Waals surface area contributed by atoms with Gasteiger partial charge in [-0.1, -0.05) is 0 Å². The van der Waals surface area contributed by atoms with Crippen LogP contribution in [0.1, 0.15) is 25.5 Å². The highest BCUT2D eigenvalue weighted by atomic mass is 16.5. The SMILES string of the molecule is COc1ccc(O)cc1[C@@H](C)O[C@@H](C)C=O. The van der Waals surface area contributed by atoms with Crippen molar-refractivity contribution in [3.8, 4) is 11.5 Å². The van der Waals surface area contributed by atoms with Gasteiger partial charge in [-0.3, -0.25) is 0 Å². The second kappa shape index (κ2) is 5.51. The lowest BCUT2D eigenvalue weighted by molar-refractivity contribution is -0.120. The van der Waals surface area contributed by atoms with Crippen molar-refractivity contribution in [1.29, 1.82) is 0 Å². The van der Waals surface area contributed by atoms with Crippen LogP contribution in [0.2, 0.25) is 0 Å². The van der Waals surface area contributed by atoms with E-state index < -0.39 is 6.10 Å². The number of benzene rings is 1. The summed E-state index contributed by atoms with van der Waals surface area (Å²) in [7, 11) is 1.55. The van der Waals surface area contributed by atoms with E-state index in [1.165, 1.54) is 6.07 Å². The van der Waals surface area contributed by atoms with Gasteiger partial charge < -0.3 is 19.4 Å². The van der Waals surface area contributed by atoms with Crippen molar-refractivity contribution in [2.45, 2.75) is 26.1 Å². The van der Waals surface area contributed by atoms with Gasteiger partial charge in [-0.2, -0.15) is 0 Å². The highest BCUT2D eigenvalue weighted by Gasteiger charge is 2.15. The Morgan fingerprint density at radius 3 is 2.62 bits per heavy atom. The molecule has 0 saturated carbocycles. The van der Waals surface area contributed by atoms with Crippen LogP contribution in [0.15, 0.2) is 18.2 Å². The molecule has 0 spiro atoms. The normalized spacial score (nSPS) is 14.2. The van der Waals surface area contributed by atoms with E-state index in [1.54, 1.807) is 33.1 Å². The van der Waals surface area contributed by atoms with Crippen molar-refractivity contribution < 1.29 is 19.4 Å². The van der Waals surface area contributed by atoms with Crippen LogP contribution in [0.25, 0.3) is 0 Å². The summed E-state index contributed by atoms with van der Waals surface area (Å²) in [6.45, 7) is 3.47. The molecule has 0 unspecified atom stereocenters. The highest BCUT2D eigenvalue weighted by Crippen LogP contribution is 2.31. The highest BCUT2D eigenvalue weighted by molar-refractivity contribution is 5.55. The summed E-state index contributed by atoms with van der Waals surface area (Å²) in [4.78, 5) is 10.5. The molecule has 4 nitrogen and oxygen atoms in total. The van der Waals surface area contributed by atoms with E-state index >= 15 is 0 Å². The number of carbonyl (C=O) groups is 1. The summed E-state index contributed by atoms with van der Waals surface area (Å²) in [6, 6.07) is 4.77. The second-order valence-corrected chi connectivity index (χ2v) is 3.55. The fraction of sp³-hybridized carbons (Fsp3) is 0.417.